The number of nitrogens with two attached hydrogens (primary N) is 1. The third kappa shape index (κ3) is 2.63. The van der Waals surface area contributed by atoms with Gasteiger partial charge in [0.15, 0.2) is 0 Å². The molecule has 1 aliphatic carbocycles. The number of aromatic nitrogens is 4. The lowest BCUT2D eigenvalue weighted by Gasteiger charge is -2.24. The van der Waals surface area contributed by atoms with Crippen molar-refractivity contribution in [3.8, 4) is 11.5 Å². The number of hydrogen-bond acceptors (Lipinski definition) is 6. The van der Waals surface area contributed by atoms with Crippen LogP contribution in [0.2, 0.25) is 0 Å². The monoisotopic (exact) mass is 259 g/mol. The van der Waals surface area contributed by atoms with E-state index in [1.54, 1.807) is 12.3 Å². The van der Waals surface area contributed by atoms with E-state index in [1.165, 1.54) is 6.33 Å². The Balaban J connectivity index is 1.72. The Hall–Kier alpha value is -1.82. The second-order valence-electron chi connectivity index (χ2n) is 5.00. The molecule has 2 aromatic rings. The SMILES string of the molecule is NCC1CCC(c2nc(-c3ccncn3)no2)CC1. The number of hydrogen-bond donors (Lipinski definition) is 1. The molecule has 1 fully saturated rings. The van der Waals surface area contributed by atoms with E-state index < -0.39 is 0 Å². The van der Waals surface area contributed by atoms with Crippen LogP contribution in [0.4, 0.5) is 0 Å². The summed E-state index contributed by atoms with van der Waals surface area (Å²) >= 11 is 0. The Labute approximate surface area is 111 Å². The second-order valence-corrected chi connectivity index (χ2v) is 5.00. The first-order valence-corrected chi connectivity index (χ1v) is 6.67. The maximum absolute atomic E-state index is 5.70. The van der Waals surface area contributed by atoms with Crippen molar-refractivity contribution in [2.75, 3.05) is 6.54 Å². The normalized spacial score (nSPS) is 23.4. The average Bonchev–Trinajstić information content (AvgIpc) is 2.98. The summed E-state index contributed by atoms with van der Waals surface area (Å²) in [5.74, 6) is 2.29. The average molecular weight is 259 g/mol. The van der Waals surface area contributed by atoms with Gasteiger partial charge in [0.1, 0.15) is 12.0 Å². The predicted octanol–water partition coefficient (Wildman–Crippen LogP) is 1.76. The van der Waals surface area contributed by atoms with Gasteiger partial charge in [0.25, 0.3) is 0 Å². The van der Waals surface area contributed by atoms with Gasteiger partial charge in [-0.15, -0.1) is 0 Å². The molecule has 2 aromatic heterocycles. The van der Waals surface area contributed by atoms with E-state index in [1.807, 2.05) is 0 Å². The minimum absolute atomic E-state index is 0.367. The van der Waals surface area contributed by atoms with Crippen molar-refractivity contribution in [1.29, 1.82) is 0 Å². The van der Waals surface area contributed by atoms with Crippen LogP contribution >= 0.6 is 0 Å². The van der Waals surface area contributed by atoms with Crippen molar-refractivity contribution in [2.45, 2.75) is 31.6 Å². The predicted molar refractivity (Wildman–Crippen MR) is 69.1 cm³/mol. The van der Waals surface area contributed by atoms with Gasteiger partial charge in [0.2, 0.25) is 11.7 Å². The first kappa shape index (κ1) is 12.2. The molecule has 19 heavy (non-hydrogen) atoms. The Morgan fingerprint density at radius 2 is 2.11 bits per heavy atom. The summed E-state index contributed by atoms with van der Waals surface area (Å²) in [6.07, 6.45) is 7.60. The summed E-state index contributed by atoms with van der Waals surface area (Å²) in [5.41, 5.74) is 6.40. The van der Waals surface area contributed by atoms with Crippen molar-refractivity contribution in [2.24, 2.45) is 11.7 Å². The molecule has 6 nitrogen and oxygen atoms in total. The maximum Gasteiger partial charge on any atom is 0.230 e. The molecule has 0 atom stereocenters. The molecule has 100 valence electrons. The van der Waals surface area contributed by atoms with E-state index in [4.69, 9.17) is 10.3 Å². The molecule has 3 rings (SSSR count). The molecule has 1 aliphatic rings. The zero-order chi connectivity index (χ0) is 13.1. The van der Waals surface area contributed by atoms with Crippen molar-refractivity contribution in [1.82, 2.24) is 20.1 Å². The molecular weight excluding hydrogens is 242 g/mol. The minimum atomic E-state index is 0.367. The van der Waals surface area contributed by atoms with Gasteiger partial charge in [0, 0.05) is 12.1 Å². The van der Waals surface area contributed by atoms with Gasteiger partial charge < -0.3 is 10.3 Å². The third-order valence-electron chi connectivity index (χ3n) is 3.78. The van der Waals surface area contributed by atoms with E-state index in [-0.39, 0.29) is 0 Å². The lowest BCUT2D eigenvalue weighted by Crippen LogP contribution is -2.20. The molecule has 0 saturated heterocycles. The molecule has 0 radical (unpaired) electrons. The molecule has 2 heterocycles. The van der Waals surface area contributed by atoms with Crippen molar-refractivity contribution in [3.05, 3.63) is 24.5 Å². The lowest BCUT2D eigenvalue weighted by molar-refractivity contribution is 0.275. The highest BCUT2D eigenvalue weighted by atomic mass is 16.5. The van der Waals surface area contributed by atoms with Crippen LogP contribution in [-0.2, 0) is 0 Å². The molecule has 1 saturated carbocycles. The number of rotatable bonds is 3. The molecule has 2 N–H and O–H groups in total. The van der Waals surface area contributed by atoms with Crippen LogP contribution in [0.25, 0.3) is 11.5 Å². The van der Waals surface area contributed by atoms with Gasteiger partial charge in [-0.1, -0.05) is 5.16 Å². The highest BCUT2D eigenvalue weighted by Gasteiger charge is 2.26. The molecule has 0 aromatic carbocycles. The smallest absolute Gasteiger partial charge is 0.230 e. The second kappa shape index (κ2) is 5.44. The maximum atomic E-state index is 5.70. The Morgan fingerprint density at radius 3 is 2.79 bits per heavy atom. The van der Waals surface area contributed by atoms with E-state index in [0.29, 0.717) is 23.4 Å². The van der Waals surface area contributed by atoms with Crippen LogP contribution in [-0.4, -0.2) is 26.7 Å². The Morgan fingerprint density at radius 1 is 1.26 bits per heavy atom. The minimum Gasteiger partial charge on any atom is -0.339 e. The zero-order valence-electron chi connectivity index (χ0n) is 10.7. The van der Waals surface area contributed by atoms with Gasteiger partial charge in [0.05, 0.1) is 0 Å². The van der Waals surface area contributed by atoms with Crippen LogP contribution in [0.3, 0.4) is 0 Å². The summed E-state index contributed by atoms with van der Waals surface area (Å²) in [6.45, 7) is 0.780. The van der Waals surface area contributed by atoms with E-state index >= 15 is 0 Å². The highest BCUT2D eigenvalue weighted by molar-refractivity contribution is 5.46. The molecule has 6 heteroatoms. The van der Waals surface area contributed by atoms with Crippen LogP contribution < -0.4 is 5.73 Å². The molecular formula is C13H17N5O. The van der Waals surface area contributed by atoms with Gasteiger partial charge in [-0.05, 0) is 44.2 Å². The Bertz CT molecular complexity index is 519. The molecule has 0 spiro atoms. The van der Waals surface area contributed by atoms with Crippen molar-refractivity contribution >= 4 is 0 Å². The summed E-state index contributed by atoms with van der Waals surface area (Å²) in [5, 5.41) is 4.00. The van der Waals surface area contributed by atoms with Gasteiger partial charge in [-0.25, -0.2) is 9.97 Å². The summed E-state index contributed by atoms with van der Waals surface area (Å²) in [7, 11) is 0. The zero-order valence-corrected chi connectivity index (χ0v) is 10.7. The van der Waals surface area contributed by atoms with E-state index in [9.17, 15) is 0 Å². The Kier molecular flexibility index (Phi) is 3.50. The van der Waals surface area contributed by atoms with Gasteiger partial charge in [-0.2, -0.15) is 4.98 Å². The summed E-state index contributed by atoms with van der Waals surface area (Å²) in [6, 6.07) is 1.78. The van der Waals surface area contributed by atoms with E-state index in [2.05, 4.69) is 20.1 Å². The fourth-order valence-corrected chi connectivity index (χ4v) is 2.57. The standard InChI is InChI=1S/C13H17N5O/c14-7-9-1-3-10(4-2-9)13-17-12(18-19-13)11-5-6-15-8-16-11/h5-6,8-10H,1-4,7,14H2. The summed E-state index contributed by atoms with van der Waals surface area (Å²) < 4.78 is 5.37. The number of nitrogens with zero attached hydrogens (tertiary/aromatic N) is 4. The van der Waals surface area contributed by atoms with Crippen LogP contribution in [0.1, 0.15) is 37.5 Å². The van der Waals surface area contributed by atoms with Crippen molar-refractivity contribution in [3.63, 3.8) is 0 Å². The van der Waals surface area contributed by atoms with Crippen LogP contribution in [0, 0.1) is 5.92 Å². The van der Waals surface area contributed by atoms with Crippen LogP contribution in [0.15, 0.2) is 23.1 Å². The highest BCUT2D eigenvalue weighted by Crippen LogP contribution is 2.34. The summed E-state index contributed by atoms with van der Waals surface area (Å²) in [4.78, 5) is 12.5. The first-order valence-electron chi connectivity index (χ1n) is 6.67. The van der Waals surface area contributed by atoms with Gasteiger partial charge in [-0.3, -0.25) is 0 Å². The third-order valence-corrected chi connectivity index (χ3v) is 3.78. The fraction of sp³-hybridized carbons (Fsp3) is 0.538. The topological polar surface area (TPSA) is 90.7 Å². The van der Waals surface area contributed by atoms with Crippen molar-refractivity contribution < 1.29 is 4.52 Å². The van der Waals surface area contributed by atoms with Crippen LogP contribution in [0.5, 0.6) is 0 Å². The molecule has 0 aliphatic heterocycles. The molecule has 0 unspecified atom stereocenters. The molecule has 0 bridgehead atoms. The quantitative estimate of drug-likeness (QED) is 0.903. The molecule has 0 amide bonds. The van der Waals surface area contributed by atoms with Gasteiger partial charge >= 0.3 is 0 Å². The first-order chi connectivity index (χ1) is 9.36. The lowest BCUT2D eigenvalue weighted by atomic mass is 9.82. The largest absolute Gasteiger partial charge is 0.339 e. The fourth-order valence-electron chi connectivity index (χ4n) is 2.57. The van der Waals surface area contributed by atoms with E-state index in [0.717, 1.165) is 38.1 Å².